The fourth-order valence-electron chi connectivity index (χ4n) is 3.62. The number of nitrogen functional groups attached to an aromatic ring is 1. The first-order chi connectivity index (χ1) is 18.1. The van der Waals surface area contributed by atoms with Crippen molar-refractivity contribution in [2.24, 2.45) is 0 Å². The molecule has 8 N–H and O–H groups in total. The molecule has 0 amide bonds. The average Bonchev–Trinajstić information content (AvgIpc) is 2.91. The number of aromatic hydroxyl groups is 2. The van der Waals surface area contributed by atoms with E-state index < -0.39 is 12.2 Å². The van der Waals surface area contributed by atoms with Crippen LogP contribution in [0.4, 0.5) is 5.69 Å². The Kier molecular flexibility index (Phi) is 12.6. The van der Waals surface area contributed by atoms with Crippen molar-refractivity contribution in [1.82, 2.24) is 10.6 Å². The van der Waals surface area contributed by atoms with Crippen molar-refractivity contribution in [3.63, 3.8) is 0 Å². The van der Waals surface area contributed by atoms with Crippen molar-refractivity contribution in [3.05, 3.63) is 89.0 Å². The zero-order chi connectivity index (χ0) is 28.1. The van der Waals surface area contributed by atoms with E-state index in [1.807, 2.05) is 32.0 Å². The first-order valence-corrected chi connectivity index (χ1v) is 12.8. The standard InChI is InChI=1S/C18H23NO3.C12H17N3O/c1-13(2-3-14-4-8-16(20)9-5-14)19-12-18(22)15-6-10-17(21)11-7-15;1-8(2)15-7-12(16)9-3-4-11(14)10(5-9)6-13/h4-11,13,18-22H,2-3,12H2,1H3;3-5,8,12,15-16H,7,14H2,1-2H3. The van der Waals surface area contributed by atoms with Crippen molar-refractivity contribution in [1.29, 1.82) is 5.26 Å². The maximum absolute atomic E-state index is 10.1. The molecule has 0 aliphatic rings. The number of nitrogens with zero attached hydrogens (tertiary/aromatic N) is 1. The van der Waals surface area contributed by atoms with Gasteiger partial charge in [0.15, 0.2) is 0 Å². The van der Waals surface area contributed by atoms with Gasteiger partial charge in [0.2, 0.25) is 0 Å². The smallest absolute Gasteiger partial charge is 0.115 e. The number of hydrogen-bond donors (Lipinski definition) is 7. The zero-order valence-electron chi connectivity index (χ0n) is 22.3. The molecule has 3 unspecified atom stereocenters. The molecule has 8 heteroatoms. The number of benzene rings is 3. The van der Waals surface area contributed by atoms with Gasteiger partial charge in [0.1, 0.15) is 17.6 Å². The molecule has 0 saturated heterocycles. The molecule has 0 fully saturated rings. The van der Waals surface area contributed by atoms with Crippen LogP contribution in [0.25, 0.3) is 0 Å². The van der Waals surface area contributed by atoms with E-state index in [9.17, 15) is 20.4 Å². The van der Waals surface area contributed by atoms with E-state index in [4.69, 9.17) is 11.0 Å². The third-order valence-electron chi connectivity index (χ3n) is 6.04. The van der Waals surface area contributed by atoms with Gasteiger partial charge in [-0.2, -0.15) is 5.26 Å². The number of aliphatic hydroxyl groups excluding tert-OH is 2. The molecule has 0 spiro atoms. The van der Waals surface area contributed by atoms with Crippen LogP contribution in [-0.4, -0.2) is 45.6 Å². The van der Waals surface area contributed by atoms with Gasteiger partial charge in [-0.3, -0.25) is 0 Å². The Morgan fingerprint density at radius 1 is 0.789 bits per heavy atom. The fraction of sp³-hybridized carbons (Fsp3) is 0.367. The van der Waals surface area contributed by atoms with Gasteiger partial charge in [-0.1, -0.05) is 44.2 Å². The van der Waals surface area contributed by atoms with E-state index in [2.05, 4.69) is 17.6 Å². The lowest BCUT2D eigenvalue weighted by molar-refractivity contribution is 0.170. The second-order valence-corrected chi connectivity index (χ2v) is 9.66. The summed E-state index contributed by atoms with van der Waals surface area (Å²) in [6, 6.07) is 21.4. The molecular formula is C30H40N4O4. The van der Waals surface area contributed by atoms with Crippen molar-refractivity contribution in [3.8, 4) is 17.6 Å². The molecule has 38 heavy (non-hydrogen) atoms. The van der Waals surface area contributed by atoms with E-state index in [1.54, 1.807) is 54.6 Å². The SMILES string of the molecule is CC(C)NCC(O)c1ccc(N)c(C#N)c1.CC(CCc1ccc(O)cc1)NCC(O)c1ccc(O)cc1. The van der Waals surface area contributed by atoms with Crippen LogP contribution in [0.3, 0.4) is 0 Å². The summed E-state index contributed by atoms with van der Waals surface area (Å²) in [7, 11) is 0. The predicted octanol–water partition coefficient (Wildman–Crippen LogP) is 3.91. The van der Waals surface area contributed by atoms with Crippen LogP contribution < -0.4 is 16.4 Å². The molecule has 0 aliphatic heterocycles. The Morgan fingerprint density at radius 2 is 1.32 bits per heavy atom. The molecule has 3 rings (SSSR count). The Morgan fingerprint density at radius 3 is 1.89 bits per heavy atom. The average molecular weight is 521 g/mol. The number of hydrogen-bond acceptors (Lipinski definition) is 8. The van der Waals surface area contributed by atoms with Crippen molar-refractivity contribution in [2.45, 2.75) is 57.9 Å². The van der Waals surface area contributed by atoms with E-state index in [-0.39, 0.29) is 17.5 Å². The summed E-state index contributed by atoms with van der Waals surface area (Å²) in [6.07, 6.45) is 0.670. The first kappa shape index (κ1) is 30.6. The van der Waals surface area contributed by atoms with E-state index in [1.165, 1.54) is 5.56 Å². The third-order valence-corrected chi connectivity index (χ3v) is 6.04. The highest BCUT2D eigenvalue weighted by atomic mass is 16.3. The van der Waals surface area contributed by atoms with Crippen LogP contribution in [0.5, 0.6) is 11.5 Å². The molecule has 3 aromatic carbocycles. The van der Waals surface area contributed by atoms with Crippen LogP contribution in [0.15, 0.2) is 66.7 Å². The minimum atomic E-state index is -0.616. The van der Waals surface area contributed by atoms with E-state index in [0.717, 1.165) is 18.4 Å². The summed E-state index contributed by atoms with van der Waals surface area (Å²) < 4.78 is 0. The van der Waals surface area contributed by atoms with Crippen LogP contribution in [-0.2, 0) is 6.42 Å². The molecular weight excluding hydrogens is 480 g/mol. The highest BCUT2D eigenvalue weighted by Crippen LogP contribution is 2.19. The van der Waals surface area contributed by atoms with Crippen molar-refractivity contribution >= 4 is 5.69 Å². The zero-order valence-corrected chi connectivity index (χ0v) is 22.3. The molecule has 0 aromatic heterocycles. The number of nitrogens with two attached hydrogens (primary N) is 1. The lowest BCUT2D eigenvalue weighted by Crippen LogP contribution is -2.30. The molecule has 8 nitrogen and oxygen atoms in total. The second kappa shape index (κ2) is 15.6. The number of rotatable bonds is 11. The van der Waals surface area contributed by atoms with Crippen LogP contribution in [0.2, 0.25) is 0 Å². The summed E-state index contributed by atoms with van der Waals surface area (Å²) in [5, 5.41) is 53.7. The van der Waals surface area contributed by atoms with Crippen molar-refractivity contribution in [2.75, 3.05) is 18.8 Å². The summed E-state index contributed by atoms with van der Waals surface area (Å²) >= 11 is 0. The molecule has 204 valence electrons. The number of phenolic OH excluding ortho intramolecular Hbond substituents is 2. The molecule has 0 bridgehead atoms. The van der Waals surface area contributed by atoms with Gasteiger partial charge in [-0.05, 0) is 72.9 Å². The third kappa shape index (κ3) is 10.8. The van der Waals surface area contributed by atoms with Crippen LogP contribution in [0.1, 0.15) is 61.7 Å². The number of nitriles is 1. The van der Waals surface area contributed by atoms with Gasteiger partial charge < -0.3 is 36.8 Å². The Bertz CT molecular complexity index is 1140. The number of anilines is 1. The first-order valence-electron chi connectivity index (χ1n) is 12.8. The molecule has 3 aromatic rings. The Hall–Kier alpha value is -3.61. The molecule has 0 saturated carbocycles. The van der Waals surface area contributed by atoms with Crippen molar-refractivity contribution < 1.29 is 20.4 Å². The van der Waals surface area contributed by atoms with Crippen LogP contribution in [0, 0.1) is 11.3 Å². The van der Waals surface area contributed by atoms with E-state index in [0.29, 0.717) is 35.9 Å². The molecule has 0 radical (unpaired) electrons. The fourth-order valence-corrected chi connectivity index (χ4v) is 3.62. The summed E-state index contributed by atoms with van der Waals surface area (Å²) in [5.74, 6) is 0.484. The van der Waals surface area contributed by atoms with Gasteiger partial charge in [0.25, 0.3) is 0 Å². The Balaban J connectivity index is 0.000000281. The van der Waals surface area contributed by atoms with Crippen LogP contribution >= 0.6 is 0 Å². The highest BCUT2D eigenvalue weighted by Gasteiger charge is 2.11. The summed E-state index contributed by atoms with van der Waals surface area (Å²) in [6.45, 7) is 7.05. The molecule has 0 aliphatic carbocycles. The monoisotopic (exact) mass is 520 g/mol. The minimum absolute atomic E-state index is 0.200. The summed E-state index contributed by atoms with van der Waals surface area (Å²) in [4.78, 5) is 0. The molecule has 3 atom stereocenters. The maximum atomic E-state index is 10.1. The Labute approximate surface area is 225 Å². The maximum Gasteiger partial charge on any atom is 0.115 e. The lowest BCUT2D eigenvalue weighted by Gasteiger charge is -2.17. The van der Waals surface area contributed by atoms with Gasteiger partial charge in [-0.25, -0.2) is 0 Å². The lowest BCUT2D eigenvalue weighted by atomic mass is 10.0. The van der Waals surface area contributed by atoms with Gasteiger partial charge >= 0.3 is 0 Å². The van der Waals surface area contributed by atoms with E-state index >= 15 is 0 Å². The second-order valence-electron chi connectivity index (χ2n) is 9.66. The quantitative estimate of drug-likeness (QED) is 0.188. The summed E-state index contributed by atoms with van der Waals surface area (Å²) in [5.41, 5.74) is 9.13. The normalized spacial score (nSPS) is 13.2. The molecule has 0 heterocycles. The predicted molar refractivity (Wildman–Crippen MR) is 151 cm³/mol. The topological polar surface area (TPSA) is 155 Å². The number of nitrogens with one attached hydrogen (secondary N) is 2. The number of aliphatic hydroxyl groups is 2. The number of phenols is 2. The number of aryl methyl sites for hydroxylation is 1. The van der Waals surface area contributed by atoms with Gasteiger partial charge in [0, 0.05) is 30.9 Å². The largest absolute Gasteiger partial charge is 0.508 e. The minimum Gasteiger partial charge on any atom is -0.508 e. The van der Waals surface area contributed by atoms with Gasteiger partial charge in [-0.15, -0.1) is 0 Å². The highest BCUT2D eigenvalue weighted by molar-refractivity contribution is 5.55. The van der Waals surface area contributed by atoms with Gasteiger partial charge in [0.05, 0.1) is 17.8 Å².